The summed E-state index contributed by atoms with van der Waals surface area (Å²) in [4.78, 5) is 20.4. The minimum Gasteiger partial charge on any atom is -0.322 e. The number of carbonyl (C=O) groups is 1. The van der Waals surface area contributed by atoms with E-state index in [0.717, 1.165) is 38.4 Å². The third-order valence-electron chi connectivity index (χ3n) is 3.56. The van der Waals surface area contributed by atoms with Gasteiger partial charge in [0, 0.05) is 38.9 Å². The van der Waals surface area contributed by atoms with Gasteiger partial charge in [0.15, 0.2) is 0 Å². The van der Waals surface area contributed by atoms with E-state index in [1.165, 1.54) is 5.56 Å². The Hall–Kier alpha value is -1.92. The van der Waals surface area contributed by atoms with Gasteiger partial charge in [-0.2, -0.15) is 11.3 Å². The van der Waals surface area contributed by atoms with E-state index in [1.54, 1.807) is 23.7 Å². The van der Waals surface area contributed by atoms with E-state index < -0.39 is 0 Å². The van der Waals surface area contributed by atoms with Crippen molar-refractivity contribution in [1.82, 2.24) is 14.8 Å². The molecule has 2 aromatic rings. The van der Waals surface area contributed by atoms with Crippen LogP contribution in [0, 0.1) is 0 Å². The molecule has 6 heteroatoms. The van der Waals surface area contributed by atoms with E-state index in [9.17, 15) is 4.79 Å². The first-order valence-electron chi connectivity index (χ1n) is 7.00. The van der Waals surface area contributed by atoms with E-state index in [0.29, 0.717) is 0 Å². The number of anilines is 1. The standard InChI is InChI=1S/C15H18N4OS/c20-15(17-14-2-1-4-16-10-14)19-7-5-18(6-8-19)11-13-3-9-21-12-13/h1-4,9-10,12H,5-8,11H2,(H,17,20). The Morgan fingerprint density at radius 1 is 1.29 bits per heavy atom. The predicted octanol–water partition coefficient (Wildman–Crippen LogP) is 2.49. The lowest BCUT2D eigenvalue weighted by Crippen LogP contribution is -2.49. The maximum atomic E-state index is 12.2. The highest BCUT2D eigenvalue weighted by Crippen LogP contribution is 2.12. The van der Waals surface area contributed by atoms with E-state index in [1.807, 2.05) is 17.0 Å². The van der Waals surface area contributed by atoms with Gasteiger partial charge in [0.25, 0.3) is 0 Å². The molecule has 1 N–H and O–H groups in total. The number of carbonyl (C=O) groups excluding carboxylic acids is 1. The monoisotopic (exact) mass is 302 g/mol. The van der Waals surface area contributed by atoms with Crippen LogP contribution in [0.5, 0.6) is 0 Å². The molecule has 1 aliphatic rings. The molecule has 0 aliphatic carbocycles. The van der Waals surface area contributed by atoms with Crippen LogP contribution in [-0.4, -0.2) is 47.0 Å². The molecule has 0 atom stereocenters. The van der Waals surface area contributed by atoms with Gasteiger partial charge in [0.05, 0.1) is 11.9 Å². The summed E-state index contributed by atoms with van der Waals surface area (Å²) in [6.07, 6.45) is 3.35. The van der Waals surface area contributed by atoms with Crippen LogP contribution in [-0.2, 0) is 6.54 Å². The van der Waals surface area contributed by atoms with Gasteiger partial charge < -0.3 is 10.2 Å². The molecule has 110 valence electrons. The predicted molar refractivity (Wildman–Crippen MR) is 84.4 cm³/mol. The summed E-state index contributed by atoms with van der Waals surface area (Å²) in [6.45, 7) is 4.32. The number of hydrogen-bond donors (Lipinski definition) is 1. The fraction of sp³-hybridized carbons (Fsp3) is 0.333. The first-order valence-corrected chi connectivity index (χ1v) is 7.95. The van der Waals surface area contributed by atoms with Crippen molar-refractivity contribution in [2.45, 2.75) is 6.54 Å². The summed E-state index contributed by atoms with van der Waals surface area (Å²) in [5, 5.41) is 7.17. The molecule has 1 aliphatic heterocycles. The Bertz CT molecular complexity index is 565. The van der Waals surface area contributed by atoms with Crippen LogP contribution in [0.3, 0.4) is 0 Å². The van der Waals surface area contributed by atoms with Crippen molar-refractivity contribution < 1.29 is 4.79 Å². The van der Waals surface area contributed by atoms with Gasteiger partial charge in [-0.3, -0.25) is 9.88 Å². The SMILES string of the molecule is O=C(Nc1cccnc1)N1CCN(Cc2ccsc2)CC1. The minimum atomic E-state index is -0.0433. The molecule has 1 saturated heterocycles. The smallest absolute Gasteiger partial charge is 0.321 e. The Morgan fingerprint density at radius 3 is 2.81 bits per heavy atom. The summed E-state index contributed by atoms with van der Waals surface area (Å²) in [5.74, 6) is 0. The number of rotatable bonds is 3. The fourth-order valence-corrected chi connectivity index (χ4v) is 3.05. The second kappa shape index (κ2) is 6.69. The molecule has 0 unspecified atom stereocenters. The number of urea groups is 1. The van der Waals surface area contributed by atoms with E-state index in [2.05, 4.69) is 32.0 Å². The van der Waals surface area contributed by atoms with Gasteiger partial charge in [0.2, 0.25) is 0 Å². The molecule has 3 heterocycles. The number of hydrogen-bond acceptors (Lipinski definition) is 4. The van der Waals surface area contributed by atoms with Gasteiger partial charge in [-0.15, -0.1) is 0 Å². The van der Waals surface area contributed by atoms with Crippen molar-refractivity contribution in [3.05, 3.63) is 46.9 Å². The summed E-state index contributed by atoms with van der Waals surface area (Å²) >= 11 is 1.73. The Labute approximate surface area is 128 Å². The summed E-state index contributed by atoms with van der Waals surface area (Å²) < 4.78 is 0. The molecule has 0 bridgehead atoms. The molecule has 2 aromatic heterocycles. The van der Waals surface area contributed by atoms with Crippen molar-refractivity contribution in [2.24, 2.45) is 0 Å². The lowest BCUT2D eigenvalue weighted by molar-refractivity contribution is 0.143. The van der Waals surface area contributed by atoms with E-state index in [4.69, 9.17) is 0 Å². The van der Waals surface area contributed by atoms with Crippen LogP contribution < -0.4 is 5.32 Å². The zero-order valence-electron chi connectivity index (χ0n) is 11.7. The van der Waals surface area contributed by atoms with E-state index in [-0.39, 0.29) is 6.03 Å². The number of nitrogens with one attached hydrogen (secondary N) is 1. The molecule has 3 rings (SSSR count). The number of pyridine rings is 1. The topological polar surface area (TPSA) is 48.5 Å². The highest BCUT2D eigenvalue weighted by Gasteiger charge is 2.21. The van der Waals surface area contributed by atoms with E-state index >= 15 is 0 Å². The minimum absolute atomic E-state index is 0.0433. The fourth-order valence-electron chi connectivity index (χ4n) is 2.39. The van der Waals surface area contributed by atoms with Crippen molar-refractivity contribution in [3.63, 3.8) is 0 Å². The average molecular weight is 302 g/mol. The molecule has 5 nitrogen and oxygen atoms in total. The van der Waals surface area contributed by atoms with Crippen molar-refractivity contribution >= 4 is 23.1 Å². The number of nitrogens with zero attached hydrogens (tertiary/aromatic N) is 3. The van der Waals surface area contributed by atoms with Crippen LogP contribution >= 0.6 is 11.3 Å². The van der Waals surface area contributed by atoms with Crippen LogP contribution in [0.25, 0.3) is 0 Å². The third-order valence-corrected chi connectivity index (χ3v) is 4.29. The van der Waals surface area contributed by atoms with Crippen LogP contribution in [0.15, 0.2) is 41.4 Å². The van der Waals surface area contributed by atoms with Gasteiger partial charge in [-0.05, 0) is 34.5 Å². The lowest BCUT2D eigenvalue weighted by Gasteiger charge is -2.34. The second-order valence-corrected chi connectivity index (χ2v) is 5.85. The number of thiophene rings is 1. The number of aromatic nitrogens is 1. The van der Waals surface area contributed by atoms with Crippen molar-refractivity contribution in [1.29, 1.82) is 0 Å². The molecule has 0 saturated carbocycles. The maximum absolute atomic E-state index is 12.2. The molecule has 0 radical (unpaired) electrons. The molecule has 0 aromatic carbocycles. The van der Waals surface area contributed by atoms with Crippen molar-refractivity contribution in [2.75, 3.05) is 31.5 Å². The highest BCUT2D eigenvalue weighted by molar-refractivity contribution is 7.07. The number of amides is 2. The lowest BCUT2D eigenvalue weighted by atomic mass is 10.2. The van der Waals surface area contributed by atoms with Crippen LogP contribution in [0.2, 0.25) is 0 Å². The summed E-state index contributed by atoms with van der Waals surface area (Å²) in [6, 6.07) is 5.77. The average Bonchev–Trinajstić information content (AvgIpc) is 3.02. The molecule has 0 spiro atoms. The zero-order chi connectivity index (χ0) is 14.5. The van der Waals surface area contributed by atoms with Gasteiger partial charge in [0.1, 0.15) is 0 Å². The quantitative estimate of drug-likeness (QED) is 0.947. The normalized spacial score (nSPS) is 15.9. The second-order valence-electron chi connectivity index (χ2n) is 5.07. The first-order chi connectivity index (χ1) is 10.3. The molecular weight excluding hydrogens is 284 g/mol. The summed E-state index contributed by atoms with van der Waals surface area (Å²) in [5.41, 5.74) is 2.09. The van der Waals surface area contributed by atoms with Gasteiger partial charge in [-0.1, -0.05) is 0 Å². The molecule has 2 amide bonds. The largest absolute Gasteiger partial charge is 0.322 e. The molecule has 1 fully saturated rings. The zero-order valence-corrected chi connectivity index (χ0v) is 12.6. The van der Waals surface area contributed by atoms with Crippen molar-refractivity contribution in [3.8, 4) is 0 Å². The Kier molecular flexibility index (Phi) is 4.47. The number of piperazine rings is 1. The highest BCUT2D eigenvalue weighted by atomic mass is 32.1. The summed E-state index contributed by atoms with van der Waals surface area (Å²) in [7, 11) is 0. The van der Waals surface area contributed by atoms with Gasteiger partial charge >= 0.3 is 6.03 Å². The van der Waals surface area contributed by atoms with Crippen LogP contribution in [0.4, 0.5) is 10.5 Å². The van der Waals surface area contributed by atoms with Crippen LogP contribution in [0.1, 0.15) is 5.56 Å². The maximum Gasteiger partial charge on any atom is 0.321 e. The Morgan fingerprint density at radius 2 is 2.14 bits per heavy atom. The van der Waals surface area contributed by atoms with Gasteiger partial charge in [-0.25, -0.2) is 4.79 Å². The molecule has 21 heavy (non-hydrogen) atoms. The first kappa shape index (κ1) is 14.0. The third kappa shape index (κ3) is 3.80. The Balaban J connectivity index is 1.48. The molecular formula is C15H18N4OS.